The zero-order valence-corrected chi connectivity index (χ0v) is 15.9. The van der Waals surface area contributed by atoms with E-state index in [-0.39, 0.29) is 6.61 Å². The molecular weight excluding hydrogens is 364 g/mol. The van der Waals surface area contributed by atoms with E-state index in [9.17, 15) is 13.0 Å². The molecule has 10 heteroatoms. The van der Waals surface area contributed by atoms with Crippen LogP contribution >= 0.6 is 11.3 Å². The highest BCUT2D eigenvalue weighted by molar-refractivity contribution is 7.80. The van der Waals surface area contributed by atoms with Crippen molar-refractivity contribution in [3.63, 3.8) is 0 Å². The van der Waals surface area contributed by atoms with Gasteiger partial charge in [-0.2, -0.15) is 0 Å². The van der Waals surface area contributed by atoms with E-state index in [1.165, 1.54) is 11.3 Å². The lowest BCUT2D eigenvalue weighted by Gasteiger charge is -2.23. The summed E-state index contributed by atoms with van der Waals surface area (Å²) < 4.78 is 37.7. The Morgan fingerprint density at radius 1 is 1.36 bits per heavy atom. The number of rotatable bonds is 8. The van der Waals surface area contributed by atoms with Crippen LogP contribution in [0, 0.1) is 6.92 Å². The monoisotopic (exact) mass is 384 g/mol. The van der Waals surface area contributed by atoms with E-state index in [0.717, 1.165) is 22.1 Å². The average molecular weight is 384 g/mol. The number of thiazole rings is 1. The normalized spacial score (nSPS) is 12.0. The minimum Gasteiger partial charge on any atom is -0.726 e. The molecule has 0 bridgehead atoms. The van der Waals surface area contributed by atoms with Gasteiger partial charge in [0.15, 0.2) is 0 Å². The number of likely N-dealkylation sites (N-methyl/N-ethyl adjacent to an activating group) is 1. The smallest absolute Gasteiger partial charge is 0.408 e. The van der Waals surface area contributed by atoms with Gasteiger partial charge in [0.2, 0.25) is 10.4 Å². The molecule has 0 N–H and O–H groups in total. The van der Waals surface area contributed by atoms with Crippen molar-refractivity contribution in [2.24, 2.45) is 17.3 Å². The molecule has 25 heavy (non-hydrogen) atoms. The van der Waals surface area contributed by atoms with Crippen molar-refractivity contribution in [1.82, 2.24) is 0 Å². The minimum absolute atomic E-state index is 0.185. The van der Waals surface area contributed by atoms with E-state index in [1.807, 2.05) is 60.1 Å². The molecule has 136 valence electrons. The first-order chi connectivity index (χ1) is 11.8. The Labute approximate surface area is 151 Å². The van der Waals surface area contributed by atoms with Crippen molar-refractivity contribution in [3.05, 3.63) is 35.3 Å². The highest BCUT2D eigenvalue weighted by Crippen LogP contribution is 2.26. The summed E-state index contributed by atoms with van der Waals surface area (Å²) in [6.07, 6.45) is 1.91. The second-order valence-corrected chi connectivity index (χ2v) is 7.20. The first-order valence-corrected chi connectivity index (χ1v) is 9.82. The van der Waals surface area contributed by atoms with Gasteiger partial charge < -0.3 is 9.45 Å². The van der Waals surface area contributed by atoms with Gasteiger partial charge in [-0.1, -0.05) is 0 Å². The number of nitrogens with zero attached hydrogens (tertiary/aromatic N) is 4. The van der Waals surface area contributed by atoms with Crippen molar-refractivity contribution in [2.45, 2.75) is 13.8 Å². The van der Waals surface area contributed by atoms with Crippen LogP contribution in [0.1, 0.15) is 12.5 Å². The molecule has 0 fully saturated rings. The van der Waals surface area contributed by atoms with Crippen LogP contribution in [0.25, 0.3) is 0 Å². The highest BCUT2D eigenvalue weighted by Gasteiger charge is 2.10. The SMILES string of the molecule is CCN(CCOS(=O)(=O)[O-])c1ccc(N=Nc2scc[n+]2C)c(C)c1. The Kier molecular flexibility index (Phi) is 6.59. The molecule has 0 saturated heterocycles. The summed E-state index contributed by atoms with van der Waals surface area (Å²) in [5.41, 5.74) is 2.59. The number of anilines is 1. The Morgan fingerprint density at radius 2 is 2.12 bits per heavy atom. The summed E-state index contributed by atoms with van der Waals surface area (Å²) in [5.74, 6) is 0. The van der Waals surface area contributed by atoms with E-state index in [1.54, 1.807) is 0 Å². The molecule has 0 radical (unpaired) electrons. The molecular formula is C15H20N4O4S2. The summed E-state index contributed by atoms with van der Waals surface area (Å²) in [5, 5.41) is 11.3. The molecule has 0 atom stereocenters. The lowest BCUT2D eigenvalue weighted by molar-refractivity contribution is -0.654. The lowest BCUT2D eigenvalue weighted by atomic mass is 10.1. The molecule has 0 aliphatic rings. The van der Waals surface area contributed by atoms with Gasteiger partial charge >= 0.3 is 5.13 Å². The molecule has 8 nitrogen and oxygen atoms in total. The quantitative estimate of drug-likeness (QED) is 0.301. The molecule has 1 aromatic carbocycles. The van der Waals surface area contributed by atoms with Crippen molar-refractivity contribution in [2.75, 3.05) is 24.6 Å². The first kappa shape index (κ1) is 19.4. The van der Waals surface area contributed by atoms with Crippen LogP contribution in [0.15, 0.2) is 40.0 Å². The summed E-state index contributed by atoms with van der Waals surface area (Å²) >= 11 is 1.50. The molecule has 0 aliphatic heterocycles. The van der Waals surface area contributed by atoms with Crippen molar-refractivity contribution in [3.8, 4) is 0 Å². The third-order valence-electron chi connectivity index (χ3n) is 3.52. The zero-order chi connectivity index (χ0) is 18.4. The Morgan fingerprint density at radius 3 is 2.68 bits per heavy atom. The number of hydrogen-bond acceptors (Lipinski definition) is 8. The van der Waals surface area contributed by atoms with Gasteiger partial charge in [-0.15, -0.1) is 0 Å². The maximum absolute atomic E-state index is 10.5. The molecule has 0 spiro atoms. The molecule has 2 aromatic rings. The largest absolute Gasteiger partial charge is 0.726 e. The lowest BCUT2D eigenvalue weighted by Crippen LogP contribution is -2.28. The summed E-state index contributed by atoms with van der Waals surface area (Å²) in [6, 6.07) is 5.68. The molecule has 1 aromatic heterocycles. The third kappa shape index (κ3) is 5.85. The second kappa shape index (κ2) is 8.48. The van der Waals surface area contributed by atoms with Crippen molar-refractivity contribution < 1.29 is 21.7 Å². The first-order valence-electron chi connectivity index (χ1n) is 7.61. The average Bonchev–Trinajstić information content (AvgIpc) is 2.94. The van der Waals surface area contributed by atoms with E-state index in [2.05, 4.69) is 14.4 Å². The van der Waals surface area contributed by atoms with Crippen LogP contribution in [0.4, 0.5) is 16.5 Å². The highest BCUT2D eigenvalue weighted by atomic mass is 32.3. The summed E-state index contributed by atoms with van der Waals surface area (Å²) in [7, 11) is -2.76. The Balaban J connectivity index is 2.09. The van der Waals surface area contributed by atoms with Crippen LogP contribution in [0.5, 0.6) is 0 Å². The molecule has 1 heterocycles. The number of aromatic nitrogens is 1. The predicted molar refractivity (Wildman–Crippen MR) is 94.4 cm³/mol. The van der Waals surface area contributed by atoms with Gasteiger partial charge in [0.25, 0.3) is 0 Å². The number of aryl methyl sites for hydroxylation is 2. The van der Waals surface area contributed by atoms with E-state index < -0.39 is 10.4 Å². The summed E-state index contributed by atoms with van der Waals surface area (Å²) in [4.78, 5) is 1.92. The van der Waals surface area contributed by atoms with Crippen LogP contribution in [-0.4, -0.2) is 32.7 Å². The van der Waals surface area contributed by atoms with Crippen molar-refractivity contribution >= 4 is 38.2 Å². The minimum atomic E-state index is -4.66. The van der Waals surface area contributed by atoms with Crippen LogP contribution < -0.4 is 9.47 Å². The standard InChI is InChI=1S/C15H20N4O4S2/c1-4-19(7-9-23-25(20,21)22)13-5-6-14(12(2)11-13)16-17-15-18(3)8-10-24-15/h5-6,8,10-11H,4,7,9H2,1-3H3. The Bertz CT molecular complexity index is 849. The molecule has 2 rings (SSSR count). The molecule has 0 saturated carbocycles. The fourth-order valence-corrected chi connectivity index (χ4v) is 3.15. The zero-order valence-electron chi connectivity index (χ0n) is 14.2. The number of azo groups is 1. The third-order valence-corrected chi connectivity index (χ3v) is 4.81. The fraction of sp³-hybridized carbons (Fsp3) is 0.400. The van der Waals surface area contributed by atoms with Gasteiger partial charge in [-0.05, 0) is 54.1 Å². The van der Waals surface area contributed by atoms with Crippen molar-refractivity contribution in [1.29, 1.82) is 0 Å². The van der Waals surface area contributed by atoms with E-state index in [0.29, 0.717) is 13.1 Å². The maximum Gasteiger partial charge on any atom is 0.408 e. The predicted octanol–water partition coefficient (Wildman–Crippen LogP) is 2.60. The van der Waals surface area contributed by atoms with Gasteiger partial charge in [0, 0.05) is 24.2 Å². The molecule has 0 unspecified atom stereocenters. The van der Waals surface area contributed by atoms with Gasteiger partial charge in [0.05, 0.1) is 18.8 Å². The van der Waals surface area contributed by atoms with E-state index in [4.69, 9.17) is 0 Å². The Hall–Kier alpha value is -1.88. The summed E-state index contributed by atoms with van der Waals surface area (Å²) in [6.45, 7) is 4.62. The van der Waals surface area contributed by atoms with Crippen LogP contribution in [0.2, 0.25) is 0 Å². The maximum atomic E-state index is 10.5. The van der Waals surface area contributed by atoms with Crippen LogP contribution in [0.3, 0.4) is 0 Å². The van der Waals surface area contributed by atoms with Gasteiger partial charge in [0.1, 0.15) is 11.9 Å². The fourth-order valence-electron chi connectivity index (χ4n) is 2.19. The van der Waals surface area contributed by atoms with Gasteiger partial charge in [-0.25, -0.2) is 13.0 Å². The molecule has 0 amide bonds. The number of hydrogen-bond donors (Lipinski definition) is 0. The number of benzene rings is 1. The van der Waals surface area contributed by atoms with Gasteiger partial charge in [-0.3, -0.25) is 4.18 Å². The van der Waals surface area contributed by atoms with E-state index >= 15 is 0 Å². The van der Waals surface area contributed by atoms with Crippen LogP contribution in [-0.2, 0) is 21.6 Å². The topological polar surface area (TPSA) is 98.3 Å². The second-order valence-electron chi connectivity index (χ2n) is 5.28. The molecule has 0 aliphatic carbocycles.